The Bertz CT molecular complexity index is 1240. The van der Waals surface area contributed by atoms with Crippen molar-refractivity contribution in [2.24, 2.45) is 0 Å². The quantitative estimate of drug-likeness (QED) is 0.300. The number of hydrogen-bond acceptors (Lipinski definition) is 7. The van der Waals surface area contributed by atoms with E-state index in [1.54, 1.807) is 11.3 Å². The minimum Gasteiger partial charge on any atom is -0.492 e. The maximum Gasteiger partial charge on any atom is 0.162 e. The molecule has 0 amide bonds. The molecular formula is C28H36N6OS. The number of benzene rings is 1. The molecule has 5 rings (SSSR count). The van der Waals surface area contributed by atoms with Crippen molar-refractivity contribution in [1.29, 1.82) is 0 Å². The van der Waals surface area contributed by atoms with E-state index in [9.17, 15) is 0 Å². The van der Waals surface area contributed by atoms with Crippen LogP contribution >= 0.6 is 11.3 Å². The molecule has 0 unspecified atom stereocenters. The monoisotopic (exact) mass is 504 g/mol. The molecule has 3 aromatic heterocycles. The highest BCUT2D eigenvalue weighted by molar-refractivity contribution is 7.10. The van der Waals surface area contributed by atoms with Crippen LogP contribution in [0.5, 0.6) is 5.75 Å². The van der Waals surface area contributed by atoms with Gasteiger partial charge in [-0.05, 0) is 74.7 Å². The number of fused-ring (bicyclic) bond motifs is 1. The summed E-state index contributed by atoms with van der Waals surface area (Å²) in [5.41, 5.74) is 5.25. The van der Waals surface area contributed by atoms with Crippen molar-refractivity contribution in [3.63, 3.8) is 0 Å². The first-order valence-electron chi connectivity index (χ1n) is 12.9. The molecular weight excluding hydrogens is 468 g/mol. The van der Waals surface area contributed by atoms with Crippen LogP contribution in [0, 0.1) is 0 Å². The number of rotatable bonds is 11. The van der Waals surface area contributed by atoms with E-state index in [0.717, 1.165) is 60.9 Å². The lowest BCUT2D eigenvalue weighted by molar-refractivity contribution is 0.183. The highest BCUT2D eigenvalue weighted by Gasteiger charge is 2.12. The predicted molar refractivity (Wildman–Crippen MR) is 148 cm³/mol. The Hall–Kier alpha value is -2.78. The van der Waals surface area contributed by atoms with Crippen LogP contribution in [0.15, 0.2) is 54.3 Å². The molecule has 1 saturated heterocycles. The molecule has 0 aliphatic carbocycles. The fraction of sp³-hybridized carbons (Fsp3) is 0.429. The van der Waals surface area contributed by atoms with Crippen LogP contribution in [0.2, 0.25) is 0 Å². The predicted octanol–water partition coefficient (Wildman–Crippen LogP) is 4.64. The van der Waals surface area contributed by atoms with Crippen LogP contribution in [-0.2, 0) is 6.54 Å². The zero-order chi connectivity index (χ0) is 24.7. The molecule has 4 heterocycles. The topological polar surface area (TPSA) is 57.9 Å². The molecule has 0 saturated carbocycles. The fourth-order valence-corrected chi connectivity index (χ4v) is 5.43. The molecule has 4 aromatic rings. The summed E-state index contributed by atoms with van der Waals surface area (Å²) in [7, 11) is 4.19. The minimum atomic E-state index is 0.735. The van der Waals surface area contributed by atoms with Crippen molar-refractivity contribution in [3.05, 3.63) is 59.2 Å². The molecule has 1 aromatic carbocycles. The lowest BCUT2D eigenvalue weighted by Gasteiger charge is -2.26. The normalized spacial score (nSPS) is 14.6. The number of nitrogens with one attached hydrogen (secondary N) is 1. The van der Waals surface area contributed by atoms with Crippen LogP contribution in [-0.4, -0.2) is 77.8 Å². The van der Waals surface area contributed by atoms with Crippen LogP contribution in [0.3, 0.4) is 0 Å². The molecule has 36 heavy (non-hydrogen) atoms. The maximum absolute atomic E-state index is 5.98. The minimum absolute atomic E-state index is 0.735. The number of likely N-dealkylation sites (N-methyl/N-ethyl adjacent to an activating group) is 1. The zero-order valence-corrected chi connectivity index (χ0v) is 22.1. The van der Waals surface area contributed by atoms with E-state index in [-0.39, 0.29) is 0 Å². The van der Waals surface area contributed by atoms with Gasteiger partial charge in [-0.15, -0.1) is 11.3 Å². The number of likely N-dealkylation sites (tertiary alicyclic amines) is 1. The van der Waals surface area contributed by atoms with Crippen molar-refractivity contribution in [2.45, 2.75) is 25.8 Å². The Labute approximate surface area is 217 Å². The standard InChI is InChI=1S/C28H36N6OS/c1-32(2)13-10-29-18-26-16-23(21-36-26)27-19-31-34-20-24(17-30-28(27)34)22-6-8-25(9-7-22)35-15-14-33-11-4-3-5-12-33/h6-9,16-17,19-21,29H,3-5,10-15,18H2,1-2H3. The zero-order valence-electron chi connectivity index (χ0n) is 21.3. The lowest BCUT2D eigenvalue weighted by atomic mass is 10.1. The average Bonchev–Trinajstić information content (AvgIpc) is 3.54. The highest BCUT2D eigenvalue weighted by atomic mass is 32.1. The van der Waals surface area contributed by atoms with Crippen molar-refractivity contribution in [3.8, 4) is 28.0 Å². The van der Waals surface area contributed by atoms with E-state index in [1.807, 2.05) is 35.2 Å². The van der Waals surface area contributed by atoms with Crippen LogP contribution in [0.4, 0.5) is 0 Å². The summed E-state index contributed by atoms with van der Waals surface area (Å²) in [4.78, 5) is 10.8. The summed E-state index contributed by atoms with van der Waals surface area (Å²) in [5.74, 6) is 0.913. The Kier molecular flexibility index (Phi) is 8.28. The third-order valence-electron chi connectivity index (χ3n) is 6.67. The van der Waals surface area contributed by atoms with Crippen molar-refractivity contribution >= 4 is 17.0 Å². The number of thiophene rings is 1. The summed E-state index contributed by atoms with van der Waals surface area (Å²) in [5, 5.41) is 10.3. The largest absolute Gasteiger partial charge is 0.492 e. The third-order valence-corrected chi connectivity index (χ3v) is 7.61. The molecule has 0 spiro atoms. The van der Waals surface area contributed by atoms with Crippen molar-refractivity contribution in [1.82, 2.24) is 29.7 Å². The van der Waals surface area contributed by atoms with Crippen LogP contribution < -0.4 is 10.1 Å². The SMILES string of the molecule is CN(C)CCNCc1cc(-c2cnn3cc(-c4ccc(OCCN5CCCCC5)cc4)cnc23)cs1. The number of hydrogen-bond donors (Lipinski definition) is 1. The Morgan fingerprint density at radius 1 is 1.03 bits per heavy atom. The van der Waals surface area contributed by atoms with E-state index in [1.165, 1.54) is 42.8 Å². The highest BCUT2D eigenvalue weighted by Crippen LogP contribution is 2.29. The van der Waals surface area contributed by atoms with Gasteiger partial charge in [-0.2, -0.15) is 5.10 Å². The van der Waals surface area contributed by atoms with E-state index in [4.69, 9.17) is 9.72 Å². The Morgan fingerprint density at radius 3 is 2.67 bits per heavy atom. The van der Waals surface area contributed by atoms with Crippen LogP contribution in [0.25, 0.3) is 27.9 Å². The summed E-state index contributed by atoms with van der Waals surface area (Å²) in [6.07, 6.45) is 9.89. The van der Waals surface area contributed by atoms with Gasteiger partial charge in [0.2, 0.25) is 0 Å². The first kappa shape index (κ1) is 24.9. The van der Waals surface area contributed by atoms with Crippen LogP contribution in [0.1, 0.15) is 24.1 Å². The second kappa shape index (κ2) is 12.0. The summed E-state index contributed by atoms with van der Waals surface area (Å²) < 4.78 is 7.86. The molecule has 0 bridgehead atoms. The van der Waals surface area contributed by atoms with E-state index >= 15 is 0 Å². The van der Waals surface area contributed by atoms with Gasteiger partial charge in [0.15, 0.2) is 5.65 Å². The van der Waals surface area contributed by atoms with Gasteiger partial charge >= 0.3 is 0 Å². The molecule has 1 N–H and O–H groups in total. The lowest BCUT2D eigenvalue weighted by Crippen LogP contribution is -2.33. The maximum atomic E-state index is 5.98. The van der Waals surface area contributed by atoms with Crippen molar-refractivity contribution < 1.29 is 4.74 Å². The Balaban J connectivity index is 1.20. The first-order chi connectivity index (χ1) is 17.7. The molecule has 8 heteroatoms. The molecule has 0 radical (unpaired) electrons. The number of nitrogens with zero attached hydrogens (tertiary/aromatic N) is 5. The van der Waals surface area contributed by atoms with Gasteiger partial charge in [0.25, 0.3) is 0 Å². The second-order valence-corrected chi connectivity index (χ2v) is 10.7. The summed E-state index contributed by atoms with van der Waals surface area (Å²) in [6, 6.07) is 10.5. The number of ether oxygens (including phenoxy) is 1. The summed E-state index contributed by atoms with van der Waals surface area (Å²) in [6.45, 7) is 7.04. The first-order valence-corrected chi connectivity index (χ1v) is 13.8. The average molecular weight is 505 g/mol. The van der Waals surface area contributed by atoms with Gasteiger partial charge < -0.3 is 15.0 Å². The molecule has 1 fully saturated rings. The molecule has 0 atom stereocenters. The Morgan fingerprint density at radius 2 is 1.86 bits per heavy atom. The summed E-state index contributed by atoms with van der Waals surface area (Å²) >= 11 is 1.77. The van der Waals surface area contributed by atoms with Gasteiger partial charge in [0, 0.05) is 54.6 Å². The van der Waals surface area contributed by atoms with Gasteiger partial charge in [0.1, 0.15) is 12.4 Å². The van der Waals surface area contributed by atoms with Gasteiger partial charge in [0.05, 0.1) is 6.20 Å². The third kappa shape index (κ3) is 6.31. The molecule has 1 aliphatic heterocycles. The molecule has 7 nitrogen and oxygen atoms in total. The van der Waals surface area contributed by atoms with Gasteiger partial charge in [-0.1, -0.05) is 18.6 Å². The second-order valence-electron chi connectivity index (χ2n) is 9.73. The van der Waals surface area contributed by atoms with E-state index < -0.39 is 0 Å². The van der Waals surface area contributed by atoms with Crippen molar-refractivity contribution in [2.75, 3.05) is 53.4 Å². The van der Waals surface area contributed by atoms with E-state index in [0.29, 0.717) is 0 Å². The fourth-order valence-electron chi connectivity index (χ4n) is 4.58. The van der Waals surface area contributed by atoms with E-state index in [2.05, 4.69) is 57.9 Å². The van der Waals surface area contributed by atoms with Gasteiger partial charge in [-0.3, -0.25) is 4.90 Å². The van der Waals surface area contributed by atoms with Gasteiger partial charge in [-0.25, -0.2) is 9.50 Å². The smallest absolute Gasteiger partial charge is 0.162 e. The number of piperidine rings is 1. The molecule has 1 aliphatic rings. The molecule has 190 valence electrons. The number of aromatic nitrogens is 3.